The van der Waals surface area contributed by atoms with E-state index in [1.165, 1.54) is 11.3 Å². The summed E-state index contributed by atoms with van der Waals surface area (Å²) in [6, 6.07) is 0. The Morgan fingerprint density at radius 1 is 1.59 bits per heavy atom. The Bertz CT molecular complexity index is 513. The molecule has 0 amide bonds. The molecule has 0 aliphatic carbocycles. The van der Waals surface area contributed by atoms with E-state index < -0.39 is 21.7 Å². The van der Waals surface area contributed by atoms with Crippen LogP contribution in [0.5, 0.6) is 0 Å². The number of nitrogens with one attached hydrogen (secondary N) is 2. The standard InChI is InChI=1S/C8H11N3O4S2/c12-7(13)4-17(14,15)11-8-10-5-1-2-9-3-6(5)16-8/h9H,1-4H2,(H,10,11)(H,12,13). The summed E-state index contributed by atoms with van der Waals surface area (Å²) in [5, 5.41) is 11.8. The van der Waals surface area contributed by atoms with Gasteiger partial charge in [-0.05, 0) is 0 Å². The topological polar surface area (TPSA) is 108 Å². The van der Waals surface area contributed by atoms with Crippen LogP contribution in [0, 0.1) is 0 Å². The van der Waals surface area contributed by atoms with Gasteiger partial charge in [0, 0.05) is 24.4 Å². The number of nitrogens with zero attached hydrogens (tertiary/aromatic N) is 1. The zero-order chi connectivity index (χ0) is 12.5. The molecule has 0 unspecified atom stereocenters. The van der Waals surface area contributed by atoms with Crippen molar-refractivity contribution in [2.45, 2.75) is 13.0 Å². The molecule has 7 nitrogen and oxygen atoms in total. The number of hydrogen-bond acceptors (Lipinski definition) is 6. The molecular weight excluding hydrogens is 266 g/mol. The van der Waals surface area contributed by atoms with Gasteiger partial charge in [0.2, 0.25) is 10.0 Å². The van der Waals surface area contributed by atoms with Crippen molar-refractivity contribution in [2.24, 2.45) is 0 Å². The molecule has 0 atom stereocenters. The number of fused-ring (bicyclic) bond motifs is 1. The molecule has 9 heteroatoms. The number of carboxylic acid groups (broad SMARTS) is 1. The summed E-state index contributed by atoms with van der Waals surface area (Å²) < 4.78 is 24.9. The molecule has 1 aromatic rings. The van der Waals surface area contributed by atoms with Gasteiger partial charge in [0.1, 0.15) is 0 Å². The average Bonchev–Trinajstić information content (AvgIpc) is 2.55. The monoisotopic (exact) mass is 277 g/mol. The average molecular weight is 277 g/mol. The summed E-state index contributed by atoms with van der Waals surface area (Å²) in [6.45, 7) is 1.49. The first-order valence-corrected chi connectivity index (χ1v) is 7.35. The highest BCUT2D eigenvalue weighted by atomic mass is 32.2. The van der Waals surface area contributed by atoms with Gasteiger partial charge in [-0.25, -0.2) is 13.4 Å². The maximum atomic E-state index is 11.4. The van der Waals surface area contributed by atoms with E-state index >= 15 is 0 Å². The molecule has 1 aromatic heterocycles. The van der Waals surface area contributed by atoms with Crippen molar-refractivity contribution < 1.29 is 18.3 Å². The second-order valence-electron chi connectivity index (χ2n) is 3.57. The lowest BCUT2D eigenvalue weighted by Crippen LogP contribution is -2.22. The predicted octanol–water partition coefficient (Wildman–Crippen LogP) is -0.385. The summed E-state index contributed by atoms with van der Waals surface area (Å²) in [7, 11) is -3.86. The predicted molar refractivity (Wildman–Crippen MR) is 62.6 cm³/mol. The SMILES string of the molecule is O=C(O)CS(=O)(=O)Nc1nc2c(s1)CNCC2. The first kappa shape index (κ1) is 12.3. The smallest absolute Gasteiger partial charge is 0.320 e. The van der Waals surface area contributed by atoms with Crippen LogP contribution in [0.2, 0.25) is 0 Å². The molecule has 94 valence electrons. The summed E-state index contributed by atoms with van der Waals surface area (Å²) in [6.07, 6.45) is 0.756. The number of rotatable bonds is 4. The van der Waals surface area contributed by atoms with E-state index in [4.69, 9.17) is 5.11 Å². The van der Waals surface area contributed by atoms with Gasteiger partial charge >= 0.3 is 5.97 Å². The number of sulfonamides is 1. The van der Waals surface area contributed by atoms with E-state index in [-0.39, 0.29) is 5.13 Å². The third-order valence-electron chi connectivity index (χ3n) is 2.16. The maximum Gasteiger partial charge on any atom is 0.320 e. The van der Waals surface area contributed by atoms with Crippen molar-refractivity contribution in [3.05, 3.63) is 10.6 Å². The van der Waals surface area contributed by atoms with E-state index in [0.717, 1.165) is 23.5 Å². The third kappa shape index (κ3) is 3.14. The molecule has 0 spiro atoms. The number of carboxylic acids is 1. The van der Waals surface area contributed by atoms with Gasteiger partial charge in [0.15, 0.2) is 10.9 Å². The lowest BCUT2D eigenvalue weighted by atomic mass is 10.2. The molecule has 0 radical (unpaired) electrons. The molecule has 0 saturated carbocycles. The summed E-state index contributed by atoms with van der Waals surface area (Å²) in [5.41, 5.74) is 0.877. The number of aromatic nitrogens is 1. The van der Waals surface area contributed by atoms with Gasteiger partial charge in [-0.2, -0.15) is 0 Å². The molecule has 3 N–H and O–H groups in total. The van der Waals surface area contributed by atoms with Crippen molar-refractivity contribution in [3.8, 4) is 0 Å². The molecular formula is C8H11N3O4S2. The minimum absolute atomic E-state index is 0.236. The molecule has 17 heavy (non-hydrogen) atoms. The first-order valence-electron chi connectivity index (χ1n) is 4.88. The molecule has 2 rings (SSSR count). The van der Waals surface area contributed by atoms with Crippen LogP contribution in [0.1, 0.15) is 10.6 Å². The maximum absolute atomic E-state index is 11.4. The molecule has 0 bridgehead atoms. The summed E-state index contributed by atoms with van der Waals surface area (Å²) in [5.74, 6) is -2.34. The minimum atomic E-state index is -3.86. The van der Waals surface area contributed by atoms with E-state index in [0.29, 0.717) is 6.54 Å². The Kier molecular flexibility index (Phi) is 3.31. The Morgan fingerprint density at radius 3 is 3.00 bits per heavy atom. The van der Waals surface area contributed by atoms with Gasteiger partial charge < -0.3 is 10.4 Å². The van der Waals surface area contributed by atoms with Crippen LogP contribution in [0.3, 0.4) is 0 Å². The number of anilines is 1. The van der Waals surface area contributed by atoms with Gasteiger partial charge in [-0.15, -0.1) is 0 Å². The zero-order valence-corrected chi connectivity index (χ0v) is 10.4. The lowest BCUT2D eigenvalue weighted by molar-refractivity contribution is -0.134. The second-order valence-corrected chi connectivity index (χ2v) is 6.38. The van der Waals surface area contributed by atoms with Crippen molar-refractivity contribution in [1.82, 2.24) is 10.3 Å². The number of hydrogen-bond donors (Lipinski definition) is 3. The fourth-order valence-corrected chi connectivity index (χ4v) is 3.59. The van der Waals surface area contributed by atoms with Gasteiger partial charge in [-0.3, -0.25) is 9.52 Å². The van der Waals surface area contributed by atoms with Gasteiger partial charge in [-0.1, -0.05) is 11.3 Å². The quantitative estimate of drug-likeness (QED) is 0.692. The molecule has 1 aliphatic heterocycles. The van der Waals surface area contributed by atoms with Crippen LogP contribution in [0.15, 0.2) is 0 Å². The Morgan fingerprint density at radius 2 is 2.35 bits per heavy atom. The van der Waals surface area contributed by atoms with E-state index in [2.05, 4.69) is 15.0 Å². The number of thiazole rings is 1. The lowest BCUT2D eigenvalue weighted by Gasteiger charge is -2.09. The third-order valence-corrected chi connectivity index (χ3v) is 4.43. The van der Waals surface area contributed by atoms with E-state index in [1.807, 2.05) is 0 Å². The van der Waals surface area contributed by atoms with Crippen LogP contribution in [-0.2, 0) is 27.8 Å². The molecule has 2 heterocycles. The summed E-state index contributed by atoms with van der Waals surface area (Å²) >= 11 is 1.23. The van der Waals surface area contributed by atoms with Crippen molar-refractivity contribution in [3.63, 3.8) is 0 Å². The van der Waals surface area contributed by atoms with Crippen LogP contribution >= 0.6 is 11.3 Å². The zero-order valence-electron chi connectivity index (χ0n) is 8.76. The number of aliphatic carboxylic acids is 1. The summed E-state index contributed by atoms with van der Waals surface area (Å²) in [4.78, 5) is 15.5. The highest BCUT2D eigenvalue weighted by Gasteiger charge is 2.20. The van der Waals surface area contributed by atoms with Crippen molar-refractivity contribution in [1.29, 1.82) is 0 Å². The second kappa shape index (κ2) is 4.59. The number of carbonyl (C=O) groups is 1. The van der Waals surface area contributed by atoms with Crippen LogP contribution in [0.4, 0.5) is 5.13 Å². The van der Waals surface area contributed by atoms with Gasteiger partial charge in [0.25, 0.3) is 0 Å². The Labute approximate surface area is 102 Å². The fourth-order valence-electron chi connectivity index (χ4n) is 1.50. The van der Waals surface area contributed by atoms with Crippen LogP contribution in [-0.4, -0.2) is 36.8 Å². The fraction of sp³-hybridized carbons (Fsp3) is 0.500. The molecule has 0 fully saturated rings. The highest BCUT2D eigenvalue weighted by Crippen LogP contribution is 2.25. The highest BCUT2D eigenvalue weighted by molar-refractivity contribution is 7.93. The molecule has 1 aliphatic rings. The van der Waals surface area contributed by atoms with Crippen molar-refractivity contribution in [2.75, 3.05) is 17.0 Å². The van der Waals surface area contributed by atoms with E-state index in [1.54, 1.807) is 0 Å². The first-order chi connectivity index (χ1) is 7.96. The van der Waals surface area contributed by atoms with Crippen molar-refractivity contribution >= 4 is 32.5 Å². The molecule has 0 aromatic carbocycles. The Balaban J connectivity index is 2.13. The van der Waals surface area contributed by atoms with E-state index in [9.17, 15) is 13.2 Å². The largest absolute Gasteiger partial charge is 0.480 e. The van der Waals surface area contributed by atoms with Crippen LogP contribution < -0.4 is 10.0 Å². The normalized spacial score (nSPS) is 15.3. The van der Waals surface area contributed by atoms with Gasteiger partial charge in [0.05, 0.1) is 5.69 Å². The van der Waals surface area contributed by atoms with Crippen LogP contribution in [0.25, 0.3) is 0 Å². The minimum Gasteiger partial charge on any atom is -0.480 e. The Hall–Kier alpha value is -1.19. The molecule has 0 saturated heterocycles.